The summed E-state index contributed by atoms with van der Waals surface area (Å²) < 4.78 is 0. The van der Waals surface area contributed by atoms with Gasteiger partial charge in [0.2, 0.25) is 5.56 Å². The summed E-state index contributed by atoms with van der Waals surface area (Å²) >= 11 is 0. The molecule has 1 aromatic heterocycles. The first-order chi connectivity index (χ1) is 9.85. The summed E-state index contributed by atoms with van der Waals surface area (Å²) in [5.74, 6) is -0.892. The summed E-state index contributed by atoms with van der Waals surface area (Å²) in [4.78, 5) is 38.6. The minimum absolute atomic E-state index is 0.0728. The Morgan fingerprint density at radius 3 is 2.62 bits per heavy atom. The normalized spacial score (nSPS) is 11.6. The second-order valence-electron chi connectivity index (χ2n) is 5.08. The van der Waals surface area contributed by atoms with Gasteiger partial charge < -0.3 is 10.3 Å². The van der Waals surface area contributed by atoms with Gasteiger partial charge in [-0.1, -0.05) is 19.9 Å². The zero-order chi connectivity index (χ0) is 16.0. The molecular formula is C14H18N4O3. The van der Waals surface area contributed by atoms with Gasteiger partial charge in [-0.2, -0.15) is 5.26 Å². The molecule has 21 heavy (non-hydrogen) atoms. The zero-order valence-electron chi connectivity index (χ0n) is 12.2. The van der Waals surface area contributed by atoms with Crippen molar-refractivity contribution in [3.05, 3.63) is 34.2 Å². The van der Waals surface area contributed by atoms with Crippen LogP contribution in [0.3, 0.4) is 0 Å². The van der Waals surface area contributed by atoms with Gasteiger partial charge in [0.15, 0.2) is 6.19 Å². The third-order valence-corrected chi connectivity index (χ3v) is 2.80. The maximum absolute atomic E-state index is 12.1. The van der Waals surface area contributed by atoms with Crippen molar-refractivity contribution in [3.63, 3.8) is 0 Å². The monoisotopic (exact) mass is 290 g/mol. The Morgan fingerprint density at radius 1 is 1.43 bits per heavy atom. The number of rotatable bonds is 5. The van der Waals surface area contributed by atoms with Crippen LogP contribution in [0.2, 0.25) is 0 Å². The molecule has 7 heteroatoms. The van der Waals surface area contributed by atoms with Gasteiger partial charge >= 0.3 is 0 Å². The molecule has 7 nitrogen and oxygen atoms in total. The molecule has 0 saturated carbocycles. The molecule has 2 amide bonds. The maximum Gasteiger partial charge on any atom is 0.268 e. The Balaban J connectivity index is 2.91. The molecule has 2 N–H and O–H groups in total. The highest BCUT2D eigenvalue weighted by Crippen LogP contribution is 2.08. The molecule has 0 unspecified atom stereocenters. The van der Waals surface area contributed by atoms with E-state index in [4.69, 9.17) is 5.26 Å². The number of nitrogens with one attached hydrogen (secondary N) is 2. The summed E-state index contributed by atoms with van der Waals surface area (Å²) in [5, 5.41) is 11.3. The number of aromatic amines is 1. The molecule has 1 heterocycles. The third-order valence-electron chi connectivity index (χ3n) is 2.80. The van der Waals surface area contributed by atoms with Gasteiger partial charge in [0.05, 0.1) is 0 Å². The minimum atomic E-state index is -0.814. The van der Waals surface area contributed by atoms with E-state index in [2.05, 4.69) is 10.3 Å². The van der Waals surface area contributed by atoms with Crippen molar-refractivity contribution in [2.24, 2.45) is 5.92 Å². The number of carbonyl (C=O) groups is 2. The van der Waals surface area contributed by atoms with Gasteiger partial charge in [0.25, 0.3) is 11.8 Å². The highest BCUT2D eigenvalue weighted by atomic mass is 16.2. The molecule has 0 aliphatic rings. The van der Waals surface area contributed by atoms with Gasteiger partial charge in [0, 0.05) is 13.1 Å². The van der Waals surface area contributed by atoms with Gasteiger partial charge in [0.1, 0.15) is 11.7 Å². The molecule has 0 aromatic carbocycles. The van der Waals surface area contributed by atoms with Crippen molar-refractivity contribution in [2.45, 2.75) is 26.3 Å². The van der Waals surface area contributed by atoms with E-state index in [9.17, 15) is 14.4 Å². The number of likely N-dealkylation sites (N-methyl/N-ethyl adjacent to an activating group) is 1. The molecule has 1 aromatic rings. The first-order valence-electron chi connectivity index (χ1n) is 6.52. The standard InChI is InChI=1S/C14H18N4O3/c1-9(2)7-11(14(21)18(3)8-15)17-13(20)10-5-4-6-12(19)16-10/h4-6,9,11H,7H2,1-3H3,(H,16,19)(H,17,20)/t11-/m1/s1. The number of nitriles is 1. The van der Waals surface area contributed by atoms with Crippen LogP contribution in [0.15, 0.2) is 23.0 Å². The van der Waals surface area contributed by atoms with Crippen molar-refractivity contribution in [3.8, 4) is 6.19 Å². The second-order valence-corrected chi connectivity index (χ2v) is 5.08. The van der Waals surface area contributed by atoms with E-state index in [0.29, 0.717) is 6.42 Å². The molecule has 0 radical (unpaired) electrons. The number of nitrogens with zero attached hydrogens (tertiary/aromatic N) is 2. The van der Waals surface area contributed by atoms with Crippen LogP contribution in [-0.4, -0.2) is 34.8 Å². The summed E-state index contributed by atoms with van der Waals surface area (Å²) in [6.45, 7) is 3.81. The fourth-order valence-corrected chi connectivity index (χ4v) is 1.79. The Kier molecular flexibility index (Phi) is 5.67. The fourth-order valence-electron chi connectivity index (χ4n) is 1.79. The van der Waals surface area contributed by atoms with E-state index in [1.165, 1.54) is 25.2 Å². The van der Waals surface area contributed by atoms with Crippen LogP contribution in [-0.2, 0) is 4.79 Å². The first kappa shape index (κ1) is 16.4. The molecule has 1 rings (SSSR count). The predicted molar refractivity (Wildman–Crippen MR) is 76.2 cm³/mol. The lowest BCUT2D eigenvalue weighted by molar-refractivity contribution is -0.129. The fraction of sp³-hybridized carbons (Fsp3) is 0.429. The quantitative estimate of drug-likeness (QED) is 0.607. The minimum Gasteiger partial charge on any atom is -0.339 e. The van der Waals surface area contributed by atoms with Crippen molar-refractivity contribution >= 4 is 11.8 Å². The first-order valence-corrected chi connectivity index (χ1v) is 6.52. The van der Waals surface area contributed by atoms with Crippen molar-refractivity contribution in [2.75, 3.05) is 7.05 Å². The largest absolute Gasteiger partial charge is 0.339 e. The van der Waals surface area contributed by atoms with Crippen LogP contribution in [0.1, 0.15) is 30.8 Å². The average Bonchev–Trinajstić information content (AvgIpc) is 2.44. The molecule has 1 atom stereocenters. The van der Waals surface area contributed by atoms with Crippen LogP contribution < -0.4 is 10.9 Å². The number of hydrogen-bond donors (Lipinski definition) is 2. The van der Waals surface area contributed by atoms with Crippen LogP contribution in [0.5, 0.6) is 0 Å². The van der Waals surface area contributed by atoms with Crippen LogP contribution in [0, 0.1) is 17.4 Å². The number of carbonyl (C=O) groups excluding carboxylic acids is 2. The van der Waals surface area contributed by atoms with E-state index in [-0.39, 0.29) is 11.6 Å². The van der Waals surface area contributed by atoms with Crippen molar-refractivity contribution in [1.82, 2.24) is 15.2 Å². The number of H-pyrrole nitrogens is 1. The Morgan fingerprint density at radius 2 is 2.10 bits per heavy atom. The summed E-state index contributed by atoms with van der Waals surface area (Å²) in [6.07, 6.45) is 2.11. The van der Waals surface area contributed by atoms with Crippen LogP contribution in [0.4, 0.5) is 0 Å². The smallest absolute Gasteiger partial charge is 0.268 e. The van der Waals surface area contributed by atoms with Gasteiger partial charge in [-0.05, 0) is 18.4 Å². The van der Waals surface area contributed by atoms with Gasteiger partial charge in [-0.3, -0.25) is 19.3 Å². The average molecular weight is 290 g/mol. The van der Waals surface area contributed by atoms with E-state index < -0.39 is 23.4 Å². The van der Waals surface area contributed by atoms with E-state index in [1.54, 1.807) is 6.19 Å². The van der Waals surface area contributed by atoms with E-state index in [1.807, 2.05) is 13.8 Å². The second kappa shape index (κ2) is 7.24. The topological polar surface area (TPSA) is 106 Å². The lowest BCUT2D eigenvalue weighted by Gasteiger charge is -2.21. The predicted octanol–water partition coefficient (Wildman–Crippen LogP) is 0.459. The Hall–Kier alpha value is -2.62. The highest BCUT2D eigenvalue weighted by molar-refractivity contribution is 5.96. The SMILES string of the molecule is CC(C)C[C@@H](NC(=O)c1cccc(=O)[nH]1)C(=O)N(C)C#N. The van der Waals surface area contributed by atoms with E-state index >= 15 is 0 Å². The lowest BCUT2D eigenvalue weighted by Crippen LogP contribution is -2.47. The maximum atomic E-state index is 12.1. The molecule has 0 fully saturated rings. The molecule has 0 saturated heterocycles. The summed E-state index contributed by atoms with van der Waals surface area (Å²) in [6, 6.07) is 3.37. The van der Waals surface area contributed by atoms with Gasteiger partial charge in [-0.25, -0.2) is 0 Å². The van der Waals surface area contributed by atoms with Crippen LogP contribution >= 0.6 is 0 Å². The molecular weight excluding hydrogens is 272 g/mol. The zero-order valence-corrected chi connectivity index (χ0v) is 12.2. The Labute approximate surface area is 122 Å². The Bertz CT molecular complexity index is 615. The molecule has 0 aliphatic heterocycles. The highest BCUT2D eigenvalue weighted by Gasteiger charge is 2.25. The van der Waals surface area contributed by atoms with Crippen molar-refractivity contribution in [1.29, 1.82) is 5.26 Å². The summed E-state index contributed by atoms with van der Waals surface area (Å²) in [7, 11) is 1.34. The third kappa shape index (κ3) is 4.76. The molecule has 112 valence electrons. The number of aromatic nitrogens is 1. The molecule has 0 aliphatic carbocycles. The summed E-state index contributed by atoms with van der Waals surface area (Å²) in [5.41, 5.74) is -0.327. The van der Waals surface area contributed by atoms with E-state index in [0.717, 1.165) is 4.90 Å². The molecule has 0 spiro atoms. The molecule has 0 bridgehead atoms. The number of hydrogen-bond acceptors (Lipinski definition) is 4. The number of amides is 2. The van der Waals surface area contributed by atoms with Gasteiger partial charge in [-0.15, -0.1) is 0 Å². The van der Waals surface area contributed by atoms with Crippen LogP contribution in [0.25, 0.3) is 0 Å². The van der Waals surface area contributed by atoms with Crippen molar-refractivity contribution < 1.29 is 9.59 Å². The number of pyridine rings is 1. The lowest BCUT2D eigenvalue weighted by atomic mass is 10.0.